The van der Waals surface area contributed by atoms with E-state index in [4.69, 9.17) is 54.5 Å². The molecule has 25 nitrogen and oxygen atoms in total. The lowest BCUT2D eigenvalue weighted by Crippen LogP contribution is -2.26. The molecule has 0 spiro atoms. The van der Waals surface area contributed by atoms with Crippen molar-refractivity contribution in [1.29, 1.82) is 1.28 Å². The molecule has 3 fully saturated rings. The van der Waals surface area contributed by atoms with E-state index >= 15 is 0 Å². The molecule has 5 atom stereocenters. The molecule has 4 aliphatic heterocycles. The number of aliphatic hydroxyl groups excluding tert-OH is 2. The maximum Gasteiger partial charge on any atom is 0.378 e. The van der Waals surface area contributed by atoms with Gasteiger partial charge in [-0.1, -0.05) is 31.9 Å². The van der Waals surface area contributed by atoms with Crippen LogP contribution in [-0.4, -0.2) is 140 Å². The first-order valence-corrected chi connectivity index (χ1v) is 32.7. The Balaban J connectivity index is 0.000000240. The standard InChI is InChI=1S/C17H18BrFN2O3.C12H14N2O5.C11H14N2O4.C7H8N2O3.C6H4BrFO.C5H8O.H2P2S/c18-13-5-14(19)7-15(6-13)23-10-12-8-20-16(21-9-12)11-24-17-3-1-2-4-22-17;1-17-11(15)8-6-13-10(14-7-8)12(16)19-9-4-2-3-5-18-9;14-7-8-5-12-10(13-6-8)11(15)17-9-3-1-2-4-16-9;1-12-7(11)5-2-8-6(4-10)9-3-5;7-4-1-5(8)3-6(9)2-4;1-2-4-6-5-3-1;1-2-3/h5-9,17H,1-4,10-11H2;6-7,9H,2-5H2,1H3;5-6,9,14H,1-4,7H2;2-3,10H,4H2,1H3;1-3,9H;2,4H,1,3,5H2;1H2/p+1/i/hT. The van der Waals surface area contributed by atoms with Gasteiger partial charge in [-0.3, -0.25) is 0 Å². The number of carbonyl (C=O) groups excluding carboxylic acids is 4. The van der Waals surface area contributed by atoms with Gasteiger partial charge in [-0.15, -0.1) is 0 Å². The first kappa shape index (κ1) is 74.0. The molecular weight excluding hydrogens is 1370 g/mol. The van der Waals surface area contributed by atoms with Crippen molar-refractivity contribution in [3.8, 4) is 11.5 Å². The highest BCUT2D eigenvalue weighted by molar-refractivity contribution is 9.10. The van der Waals surface area contributed by atoms with Crippen molar-refractivity contribution in [2.45, 2.75) is 116 Å². The number of methoxy groups -OCH3 is 2. The monoisotopic (exact) mass is 1440 g/mol. The minimum Gasteiger partial charge on any atom is -0.508 e. The second kappa shape index (κ2) is 44.7. The number of nitrogens with zero attached hydrogens (tertiary/aromatic N) is 8. The van der Waals surface area contributed by atoms with Crippen LogP contribution in [0.25, 0.3) is 0 Å². The number of halogens is 4. The van der Waals surface area contributed by atoms with Gasteiger partial charge >= 0.3 is 25.2 Å². The fourth-order valence-corrected chi connectivity index (χ4v) is 8.06. The van der Waals surface area contributed by atoms with Crippen molar-refractivity contribution in [3.05, 3.63) is 164 Å². The number of phenols is 1. The molecule has 3 N–H and O–H groups in total. The summed E-state index contributed by atoms with van der Waals surface area (Å²) < 4.78 is 84.4. The molecule has 486 valence electrons. The zero-order valence-electron chi connectivity index (χ0n) is 50.0. The number of carbonyl (C=O) groups is 4. The number of aromatic hydroxyl groups is 1. The van der Waals surface area contributed by atoms with Crippen molar-refractivity contribution in [2.75, 3.05) is 40.6 Å². The van der Waals surface area contributed by atoms with E-state index in [2.05, 4.69) is 102 Å². The van der Waals surface area contributed by atoms with Crippen LogP contribution in [0, 0.1) is 11.6 Å². The zero-order valence-corrected chi connectivity index (χ0v) is 55.0. The lowest BCUT2D eigenvalue weighted by Gasteiger charge is -2.22. The minimum absolute atomic E-state index is 0.0172. The average molecular weight is 1440 g/mol. The Bertz CT molecular complexity index is 3090. The SMILES string of the molecule is C1=COCCC1.COC(=O)c1cnc(C(=O)OC2CCCCO2)nc1.COC(=O)c1cnc(CO)nc1.Fc1cc(Br)cc(OCc2cnc(COC3CCCCO3)nc2)c1.O=C(OC1CCCCO1)c1ncc(CO)cn1.Oc1cc(F)cc(Br)c1.[3H][P+](P)=S. The number of phenolic OH excluding ortho intramolecular Hbond substituents is 1. The smallest absolute Gasteiger partial charge is 0.378 e. The summed E-state index contributed by atoms with van der Waals surface area (Å²) in [6.07, 6.45) is 24.6. The quantitative estimate of drug-likeness (QED) is 0.0518. The molecule has 4 aromatic heterocycles. The molecule has 0 bridgehead atoms. The molecule has 6 aromatic rings. The van der Waals surface area contributed by atoms with Crippen LogP contribution >= 0.6 is 47.8 Å². The van der Waals surface area contributed by atoms with E-state index in [0.29, 0.717) is 58.7 Å². The van der Waals surface area contributed by atoms with Gasteiger partial charge in [0.2, 0.25) is 24.2 Å². The lowest BCUT2D eigenvalue weighted by atomic mass is 10.2. The molecule has 3 saturated heterocycles. The van der Waals surface area contributed by atoms with Crippen LogP contribution < -0.4 is 4.74 Å². The average Bonchev–Trinajstić information content (AvgIpc) is 3.77. The maximum atomic E-state index is 13.3. The van der Waals surface area contributed by atoms with Crippen molar-refractivity contribution in [2.24, 2.45) is 0 Å². The third-order valence-corrected chi connectivity index (χ3v) is 12.5. The summed E-state index contributed by atoms with van der Waals surface area (Å²) in [5.41, 5.74) is 1.80. The van der Waals surface area contributed by atoms with Crippen LogP contribution in [0.1, 0.15) is 135 Å². The van der Waals surface area contributed by atoms with Gasteiger partial charge in [0.25, 0.3) is 0 Å². The molecule has 0 radical (unpaired) electrons. The van der Waals surface area contributed by atoms with E-state index in [-0.39, 0.29) is 66.3 Å². The van der Waals surface area contributed by atoms with E-state index in [1.54, 1.807) is 24.7 Å². The first-order chi connectivity index (χ1) is 43.9. The molecule has 4 aliphatic rings. The van der Waals surface area contributed by atoms with Crippen molar-refractivity contribution in [3.63, 3.8) is 0 Å². The summed E-state index contributed by atoms with van der Waals surface area (Å²) >= 11 is 10.6. The molecule has 32 heteroatoms. The predicted molar refractivity (Wildman–Crippen MR) is 333 cm³/mol. The van der Waals surface area contributed by atoms with Crippen LogP contribution in [0.3, 0.4) is 0 Å². The second-order valence-electron chi connectivity index (χ2n) is 18.4. The fraction of sp³-hybridized carbons (Fsp3) is 0.414. The molecule has 8 heterocycles. The van der Waals surface area contributed by atoms with Gasteiger partial charge in [0, 0.05) is 101 Å². The van der Waals surface area contributed by atoms with Gasteiger partial charge in [-0.25, -0.2) is 67.8 Å². The Morgan fingerprint density at radius 3 is 1.48 bits per heavy atom. The minimum atomic E-state index is -0.870. The van der Waals surface area contributed by atoms with Gasteiger partial charge in [0.1, 0.15) is 43.0 Å². The summed E-state index contributed by atoms with van der Waals surface area (Å²) in [5.74, 6) is -1.97. The summed E-state index contributed by atoms with van der Waals surface area (Å²) in [6.45, 7) is 2.19. The summed E-state index contributed by atoms with van der Waals surface area (Å²) in [5, 5.41) is 26.1. The van der Waals surface area contributed by atoms with Gasteiger partial charge in [0.15, 0.2) is 36.7 Å². The number of aliphatic hydroxyl groups is 2. The number of allylic oxidation sites excluding steroid dienone is 1. The summed E-state index contributed by atoms with van der Waals surface area (Å²) in [7, 11) is 4.74. The third kappa shape index (κ3) is 31.4. The zero-order chi connectivity index (χ0) is 66.2. The number of hydrogen-bond donors (Lipinski definition) is 3. The van der Waals surface area contributed by atoms with Gasteiger partial charge in [-0.05, 0) is 88.1 Å². The number of aromatic nitrogens is 8. The summed E-state index contributed by atoms with van der Waals surface area (Å²) in [4.78, 5) is 76.5. The fourth-order valence-electron chi connectivity index (χ4n) is 7.16. The largest absolute Gasteiger partial charge is 0.508 e. The number of ether oxygens (including phenoxy) is 10. The third-order valence-electron chi connectivity index (χ3n) is 11.6. The van der Waals surface area contributed by atoms with Crippen molar-refractivity contribution in [1.82, 2.24) is 39.9 Å². The van der Waals surface area contributed by atoms with Crippen molar-refractivity contribution < 1.29 is 90.6 Å². The number of rotatable bonds is 14. The van der Waals surface area contributed by atoms with E-state index in [9.17, 15) is 28.0 Å². The molecule has 90 heavy (non-hydrogen) atoms. The van der Waals surface area contributed by atoms with Crippen LogP contribution in [0.5, 0.6) is 11.5 Å². The van der Waals surface area contributed by atoms with Gasteiger partial charge < -0.3 is 62.7 Å². The molecule has 2 aromatic carbocycles. The summed E-state index contributed by atoms with van der Waals surface area (Å²) in [6, 6.07) is 8.16. The Kier molecular flexibility index (Phi) is 36.8. The number of esters is 4. The molecule has 0 aliphatic carbocycles. The maximum absolute atomic E-state index is 13.3. The normalized spacial score (nSPS) is 16.5. The van der Waals surface area contributed by atoms with Crippen molar-refractivity contribution >= 4 is 83.5 Å². The molecule has 0 saturated carbocycles. The van der Waals surface area contributed by atoms with Gasteiger partial charge in [-0.2, -0.15) is 0 Å². The Labute approximate surface area is 544 Å². The second-order valence-corrected chi connectivity index (χ2v) is 23.0. The van der Waals surface area contributed by atoms with E-state index < -0.39 is 49.3 Å². The van der Waals surface area contributed by atoms with Gasteiger partial charge in [0.05, 0.1) is 67.0 Å². The van der Waals surface area contributed by atoms with E-state index in [0.717, 1.165) is 69.8 Å². The molecular formula is C58H69Br2F2N8O17P2S+. The van der Waals surface area contributed by atoms with Crippen LogP contribution in [0.15, 0.2) is 107 Å². The van der Waals surface area contributed by atoms with E-state index in [1.807, 2.05) is 6.08 Å². The van der Waals surface area contributed by atoms with Crippen LogP contribution in [0.2, 0.25) is 0 Å². The van der Waals surface area contributed by atoms with Crippen LogP contribution in [0.4, 0.5) is 8.78 Å². The first-order valence-electron chi connectivity index (χ1n) is 28.0. The Morgan fingerprint density at radius 1 is 0.611 bits per heavy atom. The number of hydrogen-bond acceptors (Lipinski definition) is 26. The lowest BCUT2D eigenvalue weighted by molar-refractivity contribution is -0.170. The molecule has 10 rings (SSSR count). The Hall–Kier alpha value is -6.69. The highest BCUT2D eigenvalue weighted by Gasteiger charge is 2.23. The highest BCUT2D eigenvalue weighted by Crippen LogP contribution is 2.23. The topological polar surface area (TPSA) is 324 Å². The van der Waals surface area contributed by atoms with E-state index in [1.165, 1.54) is 88.5 Å². The van der Waals surface area contributed by atoms with Crippen LogP contribution in [-0.2, 0) is 80.9 Å². The molecule has 5 unspecified atom stereocenters. The number of benzene rings is 2. The molecule has 0 amide bonds. The predicted octanol–water partition coefficient (Wildman–Crippen LogP) is 9.88. The Morgan fingerprint density at radius 2 is 1.08 bits per heavy atom. The highest BCUT2D eigenvalue weighted by atomic mass is 79.9.